The molecule has 0 aromatic carbocycles. The van der Waals surface area contributed by atoms with E-state index in [1.54, 1.807) is 6.92 Å². The van der Waals surface area contributed by atoms with Crippen molar-refractivity contribution in [1.82, 2.24) is 5.32 Å². The number of Topliss-reactive ketones (excluding diaryl/α,β-unsaturated/α-hetero) is 1. The summed E-state index contributed by atoms with van der Waals surface area (Å²) < 4.78 is 16.3. The number of hydrogen-bond donors (Lipinski definition) is 1. The zero-order valence-electron chi connectivity index (χ0n) is 18.6. The molecule has 0 spiro atoms. The van der Waals surface area contributed by atoms with E-state index in [0.29, 0.717) is 45.2 Å². The average Bonchev–Trinajstić information content (AvgIpc) is 2.69. The molecule has 0 heterocycles. The molecule has 0 atom stereocenters. The van der Waals surface area contributed by atoms with Gasteiger partial charge in [-0.05, 0) is 59.3 Å². The number of rotatable bonds is 12. The fourth-order valence-electron chi connectivity index (χ4n) is 4.09. The van der Waals surface area contributed by atoms with Gasteiger partial charge in [-0.3, -0.25) is 9.59 Å². The fraction of sp³-hybridized carbons (Fsp3) is 0.909. The topological polar surface area (TPSA) is 73.9 Å². The summed E-state index contributed by atoms with van der Waals surface area (Å²) in [5, 5.41) is 3.23. The zero-order chi connectivity index (χ0) is 21.0. The minimum Gasteiger partial charge on any atom is -0.379 e. The van der Waals surface area contributed by atoms with Crippen molar-refractivity contribution in [1.29, 1.82) is 0 Å². The summed E-state index contributed by atoms with van der Waals surface area (Å²) in [5.41, 5.74) is -0.191. The molecule has 3 saturated carbocycles. The minimum absolute atomic E-state index is 0. The van der Waals surface area contributed by atoms with Gasteiger partial charge in [0.05, 0.1) is 39.1 Å². The van der Waals surface area contributed by atoms with Crippen molar-refractivity contribution >= 4 is 11.7 Å². The molecule has 0 radical (unpaired) electrons. The van der Waals surface area contributed by atoms with Crippen LogP contribution in [0.2, 0.25) is 0 Å². The Hall–Kier alpha value is -0.980. The van der Waals surface area contributed by atoms with Crippen LogP contribution in [-0.4, -0.2) is 56.4 Å². The highest BCUT2D eigenvalue weighted by atomic mass is 16.5. The van der Waals surface area contributed by atoms with E-state index in [-0.39, 0.29) is 24.4 Å². The summed E-state index contributed by atoms with van der Waals surface area (Å²) >= 11 is 0. The number of carbonyl (C=O) groups is 2. The summed E-state index contributed by atoms with van der Waals surface area (Å²) in [6.45, 7) is 12.3. The van der Waals surface area contributed by atoms with Crippen LogP contribution in [0.25, 0.3) is 0 Å². The number of hydrogen-bond acceptors (Lipinski definition) is 5. The maximum Gasteiger partial charge on any atom is 0.222 e. The molecule has 3 rings (SSSR count). The van der Waals surface area contributed by atoms with Crippen LogP contribution in [0.3, 0.4) is 0 Å². The predicted molar refractivity (Wildman–Crippen MR) is 112 cm³/mol. The Kier molecular flexibility index (Phi) is 11.2. The van der Waals surface area contributed by atoms with E-state index in [9.17, 15) is 9.59 Å². The van der Waals surface area contributed by atoms with Crippen molar-refractivity contribution in [2.45, 2.75) is 91.2 Å². The summed E-state index contributed by atoms with van der Waals surface area (Å²) in [6, 6.07) is 0. The number of ketones is 1. The van der Waals surface area contributed by atoms with Gasteiger partial charge in [0.15, 0.2) is 0 Å². The van der Waals surface area contributed by atoms with Gasteiger partial charge in [0.2, 0.25) is 5.91 Å². The first-order valence-electron chi connectivity index (χ1n) is 11.0. The van der Waals surface area contributed by atoms with Crippen LogP contribution >= 0.6 is 0 Å². The molecular formula is C22H43NO5. The van der Waals surface area contributed by atoms with E-state index in [2.05, 4.69) is 5.32 Å². The Balaban J connectivity index is 0.00000253. The molecular weight excluding hydrogens is 358 g/mol. The van der Waals surface area contributed by atoms with Crippen LogP contribution < -0.4 is 5.32 Å². The van der Waals surface area contributed by atoms with E-state index in [4.69, 9.17) is 14.2 Å². The molecule has 0 aliphatic heterocycles. The molecule has 0 aromatic heterocycles. The van der Waals surface area contributed by atoms with E-state index >= 15 is 0 Å². The van der Waals surface area contributed by atoms with Gasteiger partial charge in [-0.1, -0.05) is 13.8 Å². The maximum atomic E-state index is 12.2. The zero-order valence-corrected chi connectivity index (χ0v) is 18.6. The Morgan fingerprint density at radius 1 is 0.893 bits per heavy atom. The highest BCUT2D eigenvalue weighted by molar-refractivity contribution is 5.83. The van der Waals surface area contributed by atoms with Gasteiger partial charge in [-0.15, -0.1) is 0 Å². The van der Waals surface area contributed by atoms with Gasteiger partial charge in [0, 0.05) is 18.8 Å². The van der Waals surface area contributed by atoms with E-state index in [1.807, 2.05) is 27.7 Å². The molecule has 0 saturated heterocycles. The second kappa shape index (κ2) is 12.6. The van der Waals surface area contributed by atoms with Crippen molar-refractivity contribution in [2.24, 2.45) is 5.41 Å². The second-order valence-corrected chi connectivity index (χ2v) is 8.06. The number of ether oxygens (including phenoxy) is 3. The van der Waals surface area contributed by atoms with E-state index in [1.165, 1.54) is 0 Å². The van der Waals surface area contributed by atoms with Crippen molar-refractivity contribution in [3.63, 3.8) is 0 Å². The highest BCUT2D eigenvalue weighted by Crippen LogP contribution is 2.52. The molecule has 3 fully saturated rings. The molecule has 0 aromatic rings. The van der Waals surface area contributed by atoms with E-state index in [0.717, 1.165) is 38.5 Å². The van der Waals surface area contributed by atoms with Crippen molar-refractivity contribution in [2.75, 3.05) is 33.0 Å². The van der Waals surface area contributed by atoms with Crippen LogP contribution in [0.1, 0.15) is 81.0 Å². The average molecular weight is 402 g/mol. The predicted octanol–water partition coefficient (Wildman–Crippen LogP) is 3.91. The molecule has 2 bridgehead atoms. The highest BCUT2D eigenvalue weighted by Gasteiger charge is 2.51. The molecule has 0 unspecified atom stereocenters. The minimum atomic E-state index is -0.101. The van der Waals surface area contributed by atoms with Crippen molar-refractivity contribution in [3.8, 4) is 0 Å². The monoisotopic (exact) mass is 401 g/mol. The van der Waals surface area contributed by atoms with Crippen LogP contribution in [0.5, 0.6) is 0 Å². The SMILES string of the molecule is CC.CC(=O)C12CCC(NC(=O)CCOCCOCCOC(C)C)(CC1)CC2.[HH]. The number of fused-ring (bicyclic) bond motifs is 3. The molecule has 166 valence electrons. The Morgan fingerprint density at radius 3 is 1.89 bits per heavy atom. The van der Waals surface area contributed by atoms with Gasteiger partial charge in [0.1, 0.15) is 5.78 Å². The maximum absolute atomic E-state index is 12.2. The number of amides is 1. The summed E-state index contributed by atoms with van der Waals surface area (Å²) in [6.07, 6.45) is 6.10. The second-order valence-electron chi connectivity index (χ2n) is 8.06. The summed E-state index contributed by atoms with van der Waals surface area (Å²) in [4.78, 5) is 24.1. The first-order valence-corrected chi connectivity index (χ1v) is 11.0. The third-order valence-corrected chi connectivity index (χ3v) is 5.92. The lowest BCUT2D eigenvalue weighted by atomic mass is 9.56. The van der Waals surface area contributed by atoms with Gasteiger partial charge in [-0.2, -0.15) is 0 Å². The molecule has 6 nitrogen and oxygen atoms in total. The van der Waals surface area contributed by atoms with Crippen molar-refractivity contribution < 1.29 is 25.2 Å². The Morgan fingerprint density at radius 2 is 1.39 bits per heavy atom. The van der Waals surface area contributed by atoms with Gasteiger partial charge >= 0.3 is 0 Å². The third kappa shape index (κ3) is 7.80. The van der Waals surface area contributed by atoms with Crippen LogP contribution in [0, 0.1) is 5.41 Å². The van der Waals surface area contributed by atoms with Crippen LogP contribution in [0.4, 0.5) is 0 Å². The van der Waals surface area contributed by atoms with Crippen molar-refractivity contribution in [3.05, 3.63) is 0 Å². The molecule has 3 aliphatic rings. The standard InChI is InChI=1S/C20H35NO5.C2H6.H2/c1-16(2)26-15-14-25-13-12-24-11-4-18(23)21-20-8-5-19(6-9-20,7-10-20)17(3)22;1-2;/h16H,4-15H2,1-3H3,(H,21,23);1-2H3;1H. The lowest BCUT2D eigenvalue weighted by molar-refractivity contribution is -0.135. The molecule has 6 heteroatoms. The Labute approximate surface area is 172 Å². The lowest BCUT2D eigenvalue weighted by Gasteiger charge is -2.52. The molecule has 3 aliphatic carbocycles. The largest absolute Gasteiger partial charge is 0.379 e. The third-order valence-electron chi connectivity index (χ3n) is 5.92. The fourth-order valence-corrected chi connectivity index (χ4v) is 4.09. The molecule has 1 amide bonds. The van der Waals surface area contributed by atoms with Gasteiger partial charge < -0.3 is 19.5 Å². The lowest BCUT2D eigenvalue weighted by Crippen LogP contribution is -2.58. The van der Waals surface area contributed by atoms with E-state index < -0.39 is 0 Å². The van der Waals surface area contributed by atoms with Gasteiger partial charge in [0.25, 0.3) is 0 Å². The first kappa shape index (κ1) is 25.1. The summed E-state index contributed by atoms with van der Waals surface area (Å²) in [5.74, 6) is 0.372. The smallest absolute Gasteiger partial charge is 0.222 e. The molecule has 1 N–H and O–H groups in total. The number of carbonyl (C=O) groups excluding carboxylic acids is 2. The molecule has 28 heavy (non-hydrogen) atoms. The van der Waals surface area contributed by atoms with Gasteiger partial charge in [-0.25, -0.2) is 0 Å². The quantitative estimate of drug-likeness (QED) is 0.502. The van der Waals surface area contributed by atoms with Crippen LogP contribution in [0.15, 0.2) is 0 Å². The number of nitrogens with one attached hydrogen (secondary N) is 1. The first-order chi connectivity index (χ1) is 13.4. The normalized spacial score (nSPS) is 25.9. The van der Waals surface area contributed by atoms with Crippen LogP contribution in [-0.2, 0) is 23.8 Å². The summed E-state index contributed by atoms with van der Waals surface area (Å²) in [7, 11) is 0. The Bertz CT molecular complexity index is 459.